The van der Waals surface area contributed by atoms with E-state index in [2.05, 4.69) is 22.4 Å². The van der Waals surface area contributed by atoms with E-state index in [0.717, 1.165) is 45.3 Å². The number of fused-ring (bicyclic) bond motifs is 1. The van der Waals surface area contributed by atoms with Crippen molar-refractivity contribution in [2.45, 2.75) is 6.42 Å². The van der Waals surface area contributed by atoms with Crippen LogP contribution >= 0.6 is 0 Å². The zero-order valence-electron chi connectivity index (χ0n) is 15.1. The van der Waals surface area contributed by atoms with Crippen LogP contribution < -0.4 is 5.32 Å². The molecule has 0 saturated heterocycles. The van der Waals surface area contributed by atoms with Gasteiger partial charge in [0.2, 0.25) is 0 Å². The molecule has 0 fully saturated rings. The van der Waals surface area contributed by atoms with Crippen molar-refractivity contribution in [3.05, 3.63) is 90.1 Å². The Hall–Kier alpha value is -3.97. The second-order valence-electron chi connectivity index (χ2n) is 6.45. The van der Waals surface area contributed by atoms with Gasteiger partial charge in [-0.1, -0.05) is 42.5 Å². The normalized spacial score (nSPS) is 10.4. The molecule has 0 aliphatic heterocycles. The van der Waals surface area contributed by atoms with E-state index in [4.69, 9.17) is 5.26 Å². The van der Waals surface area contributed by atoms with Gasteiger partial charge in [-0.3, -0.25) is 9.78 Å². The predicted octanol–water partition coefficient (Wildman–Crippen LogP) is 5.52. The van der Waals surface area contributed by atoms with Crippen LogP contribution in [0.1, 0.15) is 15.9 Å². The van der Waals surface area contributed by atoms with Gasteiger partial charge < -0.3 is 5.32 Å². The van der Waals surface area contributed by atoms with E-state index in [1.54, 1.807) is 6.20 Å². The van der Waals surface area contributed by atoms with Gasteiger partial charge in [0.05, 0.1) is 18.0 Å². The maximum Gasteiger partial charge on any atom is 0.150 e. The SMILES string of the molecule is N#CCc1ccc(Nc2ccnc3ccc(-c4ccccc4C=O)cc23)cc1. The molecule has 1 aromatic heterocycles. The van der Waals surface area contributed by atoms with Crippen LogP contribution in [-0.2, 0) is 6.42 Å². The van der Waals surface area contributed by atoms with Crippen LogP contribution in [0.3, 0.4) is 0 Å². The number of benzene rings is 3. The first-order valence-corrected chi connectivity index (χ1v) is 8.95. The van der Waals surface area contributed by atoms with Crippen molar-refractivity contribution in [3.63, 3.8) is 0 Å². The first-order chi connectivity index (χ1) is 13.8. The van der Waals surface area contributed by atoms with Gasteiger partial charge in [0, 0.05) is 28.5 Å². The fourth-order valence-corrected chi connectivity index (χ4v) is 3.24. The lowest BCUT2D eigenvalue weighted by Gasteiger charge is -2.12. The Labute approximate surface area is 163 Å². The Morgan fingerprint density at radius 3 is 2.61 bits per heavy atom. The highest BCUT2D eigenvalue weighted by molar-refractivity contribution is 5.97. The summed E-state index contributed by atoms with van der Waals surface area (Å²) in [6.07, 6.45) is 3.05. The number of anilines is 2. The van der Waals surface area contributed by atoms with Crippen LogP contribution in [0.15, 0.2) is 79.0 Å². The maximum atomic E-state index is 11.4. The lowest BCUT2D eigenvalue weighted by Crippen LogP contribution is -1.94. The molecule has 0 aliphatic carbocycles. The second kappa shape index (κ2) is 7.73. The molecule has 0 saturated carbocycles. The van der Waals surface area contributed by atoms with Crippen molar-refractivity contribution in [3.8, 4) is 17.2 Å². The molecule has 4 nitrogen and oxygen atoms in total. The van der Waals surface area contributed by atoms with Gasteiger partial charge in [-0.15, -0.1) is 0 Å². The molecule has 0 spiro atoms. The van der Waals surface area contributed by atoms with Crippen molar-refractivity contribution in [1.82, 2.24) is 4.98 Å². The highest BCUT2D eigenvalue weighted by atomic mass is 16.1. The molecule has 4 heteroatoms. The molecule has 1 heterocycles. The number of nitrogens with one attached hydrogen (secondary N) is 1. The van der Waals surface area contributed by atoms with Crippen molar-refractivity contribution >= 4 is 28.6 Å². The van der Waals surface area contributed by atoms with Gasteiger partial charge in [-0.25, -0.2) is 0 Å². The molecule has 1 N–H and O–H groups in total. The number of pyridine rings is 1. The first kappa shape index (κ1) is 17.4. The third-order valence-electron chi connectivity index (χ3n) is 4.66. The van der Waals surface area contributed by atoms with E-state index in [1.807, 2.05) is 66.7 Å². The number of hydrogen-bond acceptors (Lipinski definition) is 4. The number of carbonyl (C=O) groups excluding carboxylic acids is 1. The number of carbonyl (C=O) groups is 1. The lowest BCUT2D eigenvalue weighted by atomic mass is 9.98. The third kappa shape index (κ3) is 3.46. The van der Waals surface area contributed by atoms with Crippen LogP contribution in [0.25, 0.3) is 22.0 Å². The van der Waals surface area contributed by atoms with Gasteiger partial charge in [-0.05, 0) is 47.0 Å². The molecule has 0 bridgehead atoms. The molecule has 0 amide bonds. The summed E-state index contributed by atoms with van der Waals surface area (Å²) in [6.45, 7) is 0. The summed E-state index contributed by atoms with van der Waals surface area (Å²) in [5.41, 5.74) is 6.26. The van der Waals surface area contributed by atoms with E-state index in [0.29, 0.717) is 12.0 Å². The van der Waals surface area contributed by atoms with Crippen LogP contribution in [0.5, 0.6) is 0 Å². The van der Waals surface area contributed by atoms with E-state index >= 15 is 0 Å². The molecule has 3 aromatic carbocycles. The zero-order chi connectivity index (χ0) is 19.3. The van der Waals surface area contributed by atoms with Crippen molar-refractivity contribution < 1.29 is 4.79 Å². The van der Waals surface area contributed by atoms with Crippen LogP contribution in [0.2, 0.25) is 0 Å². The largest absolute Gasteiger partial charge is 0.355 e. The second-order valence-corrected chi connectivity index (χ2v) is 6.45. The summed E-state index contributed by atoms with van der Waals surface area (Å²) < 4.78 is 0. The average Bonchev–Trinajstić information content (AvgIpc) is 2.75. The van der Waals surface area contributed by atoms with Crippen LogP contribution in [0, 0.1) is 11.3 Å². The number of nitrogens with zero attached hydrogens (tertiary/aromatic N) is 2. The van der Waals surface area contributed by atoms with Gasteiger partial charge in [0.15, 0.2) is 6.29 Å². The minimum Gasteiger partial charge on any atom is -0.355 e. The molecule has 0 unspecified atom stereocenters. The van der Waals surface area contributed by atoms with Crippen LogP contribution in [-0.4, -0.2) is 11.3 Å². The summed E-state index contributed by atoms with van der Waals surface area (Å²) in [7, 11) is 0. The Morgan fingerprint density at radius 2 is 1.82 bits per heavy atom. The summed E-state index contributed by atoms with van der Waals surface area (Å²) in [6, 6.07) is 25.5. The monoisotopic (exact) mass is 363 g/mol. The van der Waals surface area contributed by atoms with E-state index in [9.17, 15) is 4.79 Å². The molecular formula is C24H17N3O. The first-order valence-electron chi connectivity index (χ1n) is 8.95. The molecule has 0 aliphatic rings. The highest BCUT2D eigenvalue weighted by Crippen LogP contribution is 2.31. The average molecular weight is 363 g/mol. The Balaban J connectivity index is 1.75. The summed E-state index contributed by atoms with van der Waals surface area (Å²) in [4.78, 5) is 15.9. The predicted molar refractivity (Wildman–Crippen MR) is 112 cm³/mol. The Bertz CT molecular complexity index is 1190. The summed E-state index contributed by atoms with van der Waals surface area (Å²) >= 11 is 0. The summed E-state index contributed by atoms with van der Waals surface area (Å²) in [5, 5.41) is 13.2. The molecule has 134 valence electrons. The Kier molecular flexibility index (Phi) is 4.81. The standard InChI is InChI=1S/C24H17N3O/c25-13-11-17-5-8-20(9-6-17)27-24-12-14-26-23-10-7-18(15-22(23)24)21-4-2-1-3-19(21)16-28/h1-10,12,14-16H,11H2,(H,26,27). The van der Waals surface area contributed by atoms with Crippen molar-refractivity contribution in [1.29, 1.82) is 5.26 Å². The van der Waals surface area contributed by atoms with Gasteiger partial charge in [-0.2, -0.15) is 5.26 Å². The fraction of sp³-hybridized carbons (Fsp3) is 0.0417. The van der Waals surface area contributed by atoms with Crippen molar-refractivity contribution in [2.24, 2.45) is 0 Å². The topological polar surface area (TPSA) is 65.8 Å². The van der Waals surface area contributed by atoms with Gasteiger partial charge >= 0.3 is 0 Å². The summed E-state index contributed by atoms with van der Waals surface area (Å²) in [5.74, 6) is 0. The molecule has 28 heavy (non-hydrogen) atoms. The van der Waals surface area contributed by atoms with E-state index in [1.165, 1.54) is 0 Å². The molecule has 4 rings (SSSR count). The minimum atomic E-state index is 0.401. The quantitative estimate of drug-likeness (QED) is 0.474. The van der Waals surface area contributed by atoms with E-state index in [-0.39, 0.29) is 0 Å². The molecule has 0 atom stereocenters. The smallest absolute Gasteiger partial charge is 0.150 e. The Morgan fingerprint density at radius 1 is 1.00 bits per heavy atom. The minimum absolute atomic E-state index is 0.401. The molecular weight excluding hydrogens is 346 g/mol. The van der Waals surface area contributed by atoms with Crippen LogP contribution in [0.4, 0.5) is 11.4 Å². The lowest BCUT2D eigenvalue weighted by molar-refractivity contribution is 0.112. The molecule has 4 aromatic rings. The number of hydrogen-bond donors (Lipinski definition) is 1. The highest BCUT2D eigenvalue weighted by Gasteiger charge is 2.08. The molecule has 0 radical (unpaired) electrons. The third-order valence-corrected chi connectivity index (χ3v) is 4.66. The van der Waals surface area contributed by atoms with Gasteiger partial charge in [0.25, 0.3) is 0 Å². The number of aldehydes is 1. The number of aromatic nitrogens is 1. The number of rotatable bonds is 5. The number of nitriles is 1. The van der Waals surface area contributed by atoms with E-state index < -0.39 is 0 Å². The maximum absolute atomic E-state index is 11.4. The van der Waals surface area contributed by atoms with Crippen molar-refractivity contribution in [2.75, 3.05) is 5.32 Å². The fourth-order valence-electron chi connectivity index (χ4n) is 3.24. The van der Waals surface area contributed by atoms with Gasteiger partial charge in [0.1, 0.15) is 0 Å². The zero-order valence-corrected chi connectivity index (χ0v) is 15.1.